The van der Waals surface area contributed by atoms with Gasteiger partial charge in [-0.2, -0.15) is 16.8 Å². The average molecular weight is 647 g/mol. The highest BCUT2D eigenvalue weighted by Crippen LogP contribution is 2.47. The first-order valence-electron chi connectivity index (χ1n) is 12.1. The average Bonchev–Trinajstić information content (AvgIpc) is 2.85. The summed E-state index contributed by atoms with van der Waals surface area (Å²) < 4.78 is 96.7. The van der Waals surface area contributed by atoms with E-state index in [1.54, 1.807) is 0 Å². The zero-order valence-electron chi connectivity index (χ0n) is 23.4. The summed E-state index contributed by atoms with van der Waals surface area (Å²) in [6.07, 6.45) is -2.14. The number of hydrogen-bond donors (Lipinski definition) is 4. The highest BCUT2D eigenvalue weighted by molar-refractivity contribution is 7.86. The van der Waals surface area contributed by atoms with Gasteiger partial charge in [0.15, 0.2) is 44.3 Å². The molecule has 15 nitrogen and oxygen atoms in total. The fourth-order valence-electron chi connectivity index (χ4n) is 3.02. The molecule has 2 aromatic carbocycles. The second-order valence-corrected chi connectivity index (χ2v) is 11.9. The monoisotopic (exact) mass is 646 g/mol. The van der Waals surface area contributed by atoms with Crippen molar-refractivity contribution >= 4 is 32.2 Å². The number of benzene rings is 2. The second-order valence-electron chi connectivity index (χ2n) is 9.15. The number of carbonyl (C=O) groups excluding carboxylic acids is 2. The molecule has 0 spiro atoms. The zero-order valence-corrected chi connectivity index (χ0v) is 25.0. The molecule has 0 heterocycles. The molecular weight excluding hydrogens is 616 g/mol. The summed E-state index contributed by atoms with van der Waals surface area (Å²) in [7, 11) is -10.7. The molecule has 0 amide bonds. The van der Waals surface area contributed by atoms with Gasteiger partial charge in [-0.25, -0.2) is 9.59 Å². The molecule has 4 N–H and O–H groups in total. The van der Waals surface area contributed by atoms with Gasteiger partial charge >= 0.3 is 32.2 Å². The molecule has 0 saturated heterocycles. The lowest BCUT2D eigenvalue weighted by molar-refractivity contribution is -0.131. The molecule has 2 atom stereocenters. The van der Waals surface area contributed by atoms with Gasteiger partial charge in [0.25, 0.3) is 0 Å². The quantitative estimate of drug-likeness (QED) is 0.0999. The zero-order chi connectivity index (χ0) is 32.9. The minimum Gasteiger partial charge on any atom is -0.487 e. The lowest BCUT2D eigenvalue weighted by Crippen LogP contribution is -2.17. The summed E-state index contributed by atoms with van der Waals surface area (Å²) in [5.74, 6) is -6.74. The van der Waals surface area contributed by atoms with Crippen LogP contribution >= 0.6 is 0 Å². The summed E-state index contributed by atoms with van der Waals surface area (Å²) in [6.45, 7) is 11.1. The van der Waals surface area contributed by atoms with Gasteiger partial charge in [-0.1, -0.05) is 13.2 Å². The first-order chi connectivity index (χ1) is 19.7. The van der Waals surface area contributed by atoms with E-state index in [0.717, 1.165) is 24.3 Å². The van der Waals surface area contributed by atoms with Crippen LogP contribution in [0.2, 0.25) is 0 Å². The lowest BCUT2D eigenvalue weighted by Gasteiger charge is -2.20. The van der Waals surface area contributed by atoms with Crippen LogP contribution in [0.4, 0.5) is 0 Å². The lowest BCUT2D eigenvalue weighted by atomic mass is 10.2. The maximum atomic E-state index is 12.5. The van der Waals surface area contributed by atoms with Crippen molar-refractivity contribution in [2.45, 2.75) is 49.7 Å². The van der Waals surface area contributed by atoms with E-state index in [4.69, 9.17) is 23.7 Å². The van der Waals surface area contributed by atoms with Crippen LogP contribution in [0.3, 0.4) is 0 Å². The molecule has 43 heavy (non-hydrogen) atoms. The first kappa shape index (κ1) is 35.2. The van der Waals surface area contributed by atoms with Crippen molar-refractivity contribution in [3.8, 4) is 34.5 Å². The third-order valence-electron chi connectivity index (χ3n) is 4.86. The van der Waals surface area contributed by atoms with Gasteiger partial charge in [0.05, 0.1) is 12.2 Å². The van der Waals surface area contributed by atoms with Crippen LogP contribution in [0.5, 0.6) is 34.5 Å². The Balaban J connectivity index is 2.92. The molecule has 0 aliphatic carbocycles. The van der Waals surface area contributed by atoms with Crippen LogP contribution in [0.15, 0.2) is 58.4 Å². The van der Waals surface area contributed by atoms with E-state index in [1.165, 1.54) is 27.7 Å². The molecule has 0 fully saturated rings. The largest absolute Gasteiger partial charge is 0.487 e. The molecule has 236 valence electrons. The van der Waals surface area contributed by atoms with Crippen molar-refractivity contribution < 1.29 is 69.4 Å². The smallest absolute Gasteiger partial charge is 0.338 e. The van der Waals surface area contributed by atoms with Crippen molar-refractivity contribution in [3.05, 3.63) is 48.6 Å². The van der Waals surface area contributed by atoms with E-state index < -0.39 is 102 Å². The topological polar surface area (TPSA) is 229 Å². The Morgan fingerprint density at radius 3 is 1.26 bits per heavy atom. The molecule has 0 radical (unpaired) electrons. The minimum absolute atomic E-state index is 0.195. The summed E-state index contributed by atoms with van der Waals surface area (Å²) in [5, 5.41) is 19.2. The highest BCUT2D eigenvalue weighted by Gasteiger charge is 2.33. The predicted molar refractivity (Wildman–Crippen MR) is 148 cm³/mol. The molecule has 0 saturated carbocycles. The van der Waals surface area contributed by atoms with Gasteiger partial charge in [0.1, 0.15) is 13.2 Å². The number of rotatable bonds is 14. The van der Waals surface area contributed by atoms with Crippen LogP contribution in [0.25, 0.3) is 0 Å². The van der Waals surface area contributed by atoms with Gasteiger partial charge in [-0.3, -0.25) is 9.11 Å². The van der Waals surface area contributed by atoms with Crippen molar-refractivity contribution in [2.24, 2.45) is 0 Å². The molecule has 17 heteroatoms. The summed E-state index contributed by atoms with van der Waals surface area (Å²) in [5.41, 5.74) is -0.390. The molecule has 2 rings (SSSR count). The number of aliphatic hydroxyl groups excluding tert-OH is 2. The second kappa shape index (κ2) is 14.0. The number of esters is 2. The Bertz CT molecular complexity index is 1520. The maximum Gasteiger partial charge on any atom is 0.338 e. The Hall–Kier alpha value is -4.00. The van der Waals surface area contributed by atoms with Crippen LogP contribution in [0, 0.1) is 0 Å². The van der Waals surface area contributed by atoms with E-state index in [0.29, 0.717) is 0 Å². The van der Waals surface area contributed by atoms with Gasteiger partial charge in [0, 0.05) is 11.1 Å². The van der Waals surface area contributed by atoms with Crippen LogP contribution in [-0.2, 0) is 29.8 Å². The molecular formula is C26H30O15S2. The Labute approximate surface area is 247 Å². The Morgan fingerprint density at radius 1 is 0.698 bits per heavy atom. The Morgan fingerprint density at radius 2 is 1.00 bits per heavy atom. The van der Waals surface area contributed by atoms with E-state index in [1.807, 2.05) is 0 Å². The third kappa shape index (κ3) is 9.50. The van der Waals surface area contributed by atoms with Crippen molar-refractivity contribution in [3.63, 3.8) is 0 Å². The molecule has 0 aliphatic rings. The van der Waals surface area contributed by atoms with Gasteiger partial charge in [-0.15, -0.1) is 0 Å². The maximum absolute atomic E-state index is 12.5. The summed E-state index contributed by atoms with van der Waals surface area (Å²) in [4.78, 5) is 22.2. The van der Waals surface area contributed by atoms with E-state index in [9.17, 15) is 45.7 Å². The summed E-state index contributed by atoms with van der Waals surface area (Å²) >= 11 is 0. The molecule has 0 aliphatic heterocycles. The van der Waals surface area contributed by atoms with Gasteiger partial charge < -0.3 is 33.9 Å². The van der Waals surface area contributed by atoms with Gasteiger partial charge in [-0.05, 0) is 52.0 Å². The van der Waals surface area contributed by atoms with E-state index in [2.05, 4.69) is 13.2 Å². The van der Waals surface area contributed by atoms with Crippen LogP contribution < -0.4 is 23.7 Å². The molecule has 2 unspecified atom stereocenters. The SMILES string of the molecule is C=C(C)C(=O)Oc1c(OCC(C)O)ccc(Oc2ccc(OCC(C)O)c(OC(=O)C(=C)C)c2S(=O)(=O)O)c1S(=O)(=O)O. The van der Waals surface area contributed by atoms with Gasteiger partial charge in [0.2, 0.25) is 0 Å². The number of aliphatic hydroxyl groups is 2. The van der Waals surface area contributed by atoms with Crippen LogP contribution in [-0.4, -0.2) is 73.5 Å². The summed E-state index contributed by atoms with van der Waals surface area (Å²) in [6, 6.07) is 3.79. The highest BCUT2D eigenvalue weighted by atomic mass is 32.2. The molecule has 0 aromatic heterocycles. The predicted octanol–water partition coefficient (Wildman–Crippen LogP) is 2.45. The third-order valence-corrected chi connectivity index (χ3v) is 6.67. The minimum atomic E-state index is -5.37. The van der Waals surface area contributed by atoms with Crippen molar-refractivity contribution in [2.75, 3.05) is 13.2 Å². The first-order valence-corrected chi connectivity index (χ1v) is 15.0. The van der Waals surface area contributed by atoms with Crippen molar-refractivity contribution in [1.82, 2.24) is 0 Å². The molecule has 0 bridgehead atoms. The fraction of sp³-hybridized carbons (Fsp3) is 0.308. The number of carbonyl (C=O) groups is 2. The molecule has 2 aromatic rings. The Kier molecular flexibility index (Phi) is 11.4. The number of hydrogen-bond acceptors (Lipinski definition) is 13. The van der Waals surface area contributed by atoms with Crippen molar-refractivity contribution in [1.29, 1.82) is 0 Å². The normalized spacial score (nSPS) is 12.9. The number of ether oxygens (including phenoxy) is 5. The standard InChI is InChI=1S/C26H30O15S2/c1-13(2)25(29)40-21-17(37-11-15(5)27)7-9-19(23(21)42(31,32)33)39-20-10-8-18(38-12-16(6)28)22(24(20)43(34,35)36)41-26(30)14(3)4/h7-10,15-16,27-28H,1,3,11-12H2,2,4-6H3,(H,31,32,33)(H,34,35,36). The van der Waals surface area contributed by atoms with Crippen LogP contribution in [0.1, 0.15) is 27.7 Å². The van der Waals surface area contributed by atoms with E-state index in [-0.39, 0.29) is 11.1 Å². The fourth-order valence-corrected chi connectivity index (χ4v) is 4.50. The van der Waals surface area contributed by atoms with E-state index >= 15 is 0 Å².